The van der Waals surface area contributed by atoms with Crippen LogP contribution in [0.4, 0.5) is 9.80 Å². The summed E-state index contributed by atoms with van der Waals surface area (Å²) in [6, 6.07) is 11.4. The maximum atomic E-state index is 11.8. The number of urea groups is 1. The summed E-state index contributed by atoms with van der Waals surface area (Å²) in [7, 11) is 3.20. The van der Waals surface area contributed by atoms with Crippen LogP contribution >= 0.6 is 23.1 Å². The highest BCUT2D eigenvalue weighted by atomic mass is 32.2. The van der Waals surface area contributed by atoms with Crippen LogP contribution in [0.5, 0.6) is 0 Å². The Balaban J connectivity index is 1.79. The summed E-state index contributed by atoms with van der Waals surface area (Å²) >= 11 is 2.60. The molecule has 0 atom stereocenters. The van der Waals surface area contributed by atoms with Crippen LogP contribution in [0.15, 0.2) is 46.7 Å². The van der Waals surface area contributed by atoms with Gasteiger partial charge in [-0.25, -0.2) is 9.59 Å². The topological polar surface area (TPSA) is 82.5 Å². The Bertz CT molecular complexity index is 969. The van der Waals surface area contributed by atoms with Gasteiger partial charge < -0.3 is 10.0 Å². The van der Waals surface area contributed by atoms with Crippen molar-refractivity contribution in [2.24, 2.45) is 0 Å². The van der Waals surface area contributed by atoms with Gasteiger partial charge in [0, 0.05) is 35.5 Å². The lowest BCUT2D eigenvalue weighted by Gasteiger charge is -2.11. The second kappa shape index (κ2) is 7.76. The van der Waals surface area contributed by atoms with E-state index in [-0.39, 0.29) is 11.6 Å². The van der Waals surface area contributed by atoms with E-state index in [2.05, 4.69) is 10.3 Å². The standard InChI is InChI=1S/C18H17N3O3S2/c1-21(2)18(24)20-16-15(17(22)23)14(10-26-16)25-9-12-8-7-11-5-3-4-6-13(11)19-12/h3-8,10H,9H2,1-2H3,(H,20,24)(H,22,23). The van der Waals surface area contributed by atoms with Crippen LogP contribution in [-0.4, -0.2) is 41.1 Å². The zero-order valence-corrected chi connectivity index (χ0v) is 15.9. The van der Waals surface area contributed by atoms with Gasteiger partial charge in [0.1, 0.15) is 10.6 Å². The minimum absolute atomic E-state index is 0.121. The molecule has 0 saturated heterocycles. The number of rotatable bonds is 5. The Hall–Kier alpha value is -2.58. The van der Waals surface area contributed by atoms with Gasteiger partial charge in [-0.15, -0.1) is 23.1 Å². The predicted molar refractivity (Wildman–Crippen MR) is 105 cm³/mol. The minimum atomic E-state index is -1.06. The van der Waals surface area contributed by atoms with E-state index in [4.69, 9.17) is 0 Å². The van der Waals surface area contributed by atoms with Gasteiger partial charge in [0.25, 0.3) is 0 Å². The number of nitrogens with zero attached hydrogens (tertiary/aromatic N) is 2. The number of carboxylic acids is 1. The van der Waals surface area contributed by atoms with Crippen molar-refractivity contribution in [1.29, 1.82) is 0 Å². The van der Waals surface area contributed by atoms with E-state index in [1.807, 2.05) is 36.4 Å². The highest BCUT2D eigenvalue weighted by Gasteiger charge is 2.21. The summed E-state index contributed by atoms with van der Waals surface area (Å²) in [5, 5.41) is 15.3. The molecule has 3 aromatic rings. The van der Waals surface area contributed by atoms with Crippen LogP contribution in [0.1, 0.15) is 16.1 Å². The molecule has 0 saturated carbocycles. The Kier molecular flexibility index (Phi) is 5.43. The van der Waals surface area contributed by atoms with E-state index < -0.39 is 5.97 Å². The van der Waals surface area contributed by atoms with Gasteiger partial charge in [0.15, 0.2) is 0 Å². The lowest BCUT2D eigenvalue weighted by atomic mass is 10.2. The molecule has 2 heterocycles. The van der Waals surface area contributed by atoms with Gasteiger partial charge in [-0.2, -0.15) is 0 Å². The molecule has 0 spiro atoms. The lowest BCUT2D eigenvalue weighted by molar-refractivity contribution is 0.0695. The SMILES string of the molecule is CN(C)C(=O)Nc1scc(SCc2ccc3ccccc3n2)c1C(=O)O. The molecule has 0 aliphatic rings. The quantitative estimate of drug-likeness (QED) is 0.635. The number of fused-ring (bicyclic) bond motifs is 1. The van der Waals surface area contributed by atoms with Crippen molar-refractivity contribution in [3.8, 4) is 0 Å². The third-order valence-corrected chi connectivity index (χ3v) is 5.75. The van der Waals surface area contributed by atoms with E-state index in [1.54, 1.807) is 19.5 Å². The number of carbonyl (C=O) groups is 2. The van der Waals surface area contributed by atoms with Crippen LogP contribution < -0.4 is 5.32 Å². The molecule has 6 nitrogen and oxygen atoms in total. The normalized spacial score (nSPS) is 10.7. The number of thioether (sulfide) groups is 1. The van der Waals surface area contributed by atoms with Gasteiger partial charge >= 0.3 is 12.0 Å². The monoisotopic (exact) mass is 387 g/mol. The fourth-order valence-corrected chi connectivity index (χ4v) is 4.38. The van der Waals surface area contributed by atoms with Crippen molar-refractivity contribution < 1.29 is 14.7 Å². The first kappa shape index (κ1) is 18.2. The van der Waals surface area contributed by atoms with Crippen LogP contribution in [0.3, 0.4) is 0 Å². The summed E-state index contributed by atoms with van der Waals surface area (Å²) in [5.74, 6) is -0.516. The number of aromatic carboxylic acids is 1. The van der Waals surface area contributed by atoms with Gasteiger partial charge in [-0.1, -0.05) is 24.3 Å². The first-order valence-corrected chi connectivity index (χ1v) is 9.63. The van der Waals surface area contributed by atoms with Crippen LogP contribution in [0.2, 0.25) is 0 Å². The molecule has 0 unspecified atom stereocenters. The Morgan fingerprint density at radius 1 is 1.23 bits per heavy atom. The van der Waals surface area contributed by atoms with Crippen molar-refractivity contribution in [2.75, 3.05) is 19.4 Å². The Morgan fingerprint density at radius 3 is 2.73 bits per heavy atom. The third-order valence-electron chi connectivity index (χ3n) is 3.63. The van der Waals surface area contributed by atoms with Crippen molar-refractivity contribution in [1.82, 2.24) is 9.88 Å². The number of para-hydroxylation sites is 1. The van der Waals surface area contributed by atoms with Gasteiger partial charge in [-0.05, 0) is 12.1 Å². The number of carbonyl (C=O) groups excluding carboxylic acids is 1. The highest BCUT2D eigenvalue weighted by molar-refractivity contribution is 7.98. The van der Waals surface area contributed by atoms with Crippen molar-refractivity contribution in [3.05, 3.63) is 53.0 Å². The average Bonchev–Trinajstić information content (AvgIpc) is 3.02. The number of hydrogen-bond acceptors (Lipinski definition) is 5. The molecular weight excluding hydrogens is 370 g/mol. The number of aromatic nitrogens is 1. The summed E-state index contributed by atoms with van der Waals surface area (Å²) in [6.07, 6.45) is 0. The molecule has 2 amide bonds. The number of thiophene rings is 1. The van der Waals surface area contributed by atoms with E-state index in [9.17, 15) is 14.7 Å². The number of benzene rings is 1. The first-order valence-electron chi connectivity index (χ1n) is 7.76. The molecular formula is C18H17N3O3S2. The molecule has 0 fully saturated rings. The maximum Gasteiger partial charge on any atom is 0.339 e. The third kappa shape index (κ3) is 3.97. The number of amides is 2. The van der Waals surface area contributed by atoms with Gasteiger partial charge in [-0.3, -0.25) is 10.3 Å². The predicted octanol–water partition coefficient (Wildman–Crippen LogP) is 4.38. The largest absolute Gasteiger partial charge is 0.478 e. The Labute approximate surface area is 158 Å². The number of carboxylic acid groups (broad SMARTS) is 1. The summed E-state index contributed by atoms with van der Waals surface area (Å²) in [6.45, 7) is 0. The van der Waals surface area contributed by atoms with Crippen molar-refractivity contribution in [2.45, 2.75) is 10.6 Å². The number of anilines is 1. The zero-order chi connectivity index (χ0) is 18.7. The highest BCUT2D eigenvalue weighted by Crippen LogP contribution is 2.36. The van der Waals surface area contributed by atoms with Crippen molar-refractivity contribution in [3.63, 3.8) is 0 Å². The zero-order valence-electron chi connectivity index (χ0n) is 14.2. The number of hydrogen-bond donors (Lipinski definition) is 2. The molecule has 26 heavy (non-hydrogen) atoms. The minimum Gasteiger partial charge on any atom is -0.478 e. The molecule has 2 aromatic heterocycles. The summed E-state index contributed by atoms with van der Waals surface area (Å²) < 4.78 is 0. The molecule has 3 rings (SSSR count). The number of pyridine rings is 1. The maximum absolute atomic E-state index is 11.8. The molecule has 134 valence electrons. The second-order valence-corrected chi connectivity index (χ2v) is 7.61. The molecule has 1 aromatic carbocycles. The van der Waals surface area contributed by atoms with Gasteiger partial charge in [0.05, 0.1) is 11.2 Å². The Morgan fingerprint density at radius 2 is 2.00 bits per heavy atom. The van der Waals surface area contributed by atoms with E-state index in [0.29, 0.717) is 15.6 Å². The molecule has 0 bridgehead atoms. The van der Waals surface area contributed by atoms with Crippen LogP contribution in [0, 0.1) is 0 Å². The second-order valence-electron chi connectivity index (χ2n) is 5.72. The van der Waals surface area contributed by atoms with Crippen LogP contribution in [0.25, 0.3) is 10.9 Å². The number of nitrogens with one attached hydrogen (secondary N) is 1. The smallest absolute Gasteiger partial charge is 0.339 e. The van der Waals surface area contributed by atoms with E-state index >= 15 is 0 Å². The lowest BCUT2D eigenvalue weighted by Crippen LogP contribution is -2.27. The van der Waals surface area contributed by atoms with Gasteiger partial charge in [0.2, 0.25) is 0 Å². The van der Waals surface area contributed by atoms with Crippen molar-refractivity contribution >= 4 is 51.0 Å². The average molecular weight is 387 g/mol. The molecule has 2 N–H and O–H groups in total. The van der Waals surface area contributed by atoms with E-state index in [1.165, 1.54) is 28.0 Å². The molecule has 8 heteroatoms. The molecule has 0 radical (unpaired) electrons. The summed E-state index contributed by atoms with van der Waals surface area (Å²) in [5.41, 5.74) is 1.90. The van der Waals surface area contributed by atoms with E-state index in [0.717, 1.165) is 16.6 Å². The fraction of sp³-hybridized carbons (Fsp3) is 0.167. The summed E-state index contributed by atoms with van der Waals surface area (Å²) in [4.78, 5) is 30.0. The molecule has 0 aliphatic carbocycles. The van der Waals surface area contributed by atoms with Crippen LogP contribution in [-0.2, 0) is 5.75 Å². The molecule has 0 aliphatic heterocycles. The first-order chi connectivity index (χ1) is 12.5. The fourth-order valence-electron chi connectivity index (χ4n) is 2.29.